The van der Waals surface area contributed by atoms with Gasteiger partial charge in [0, 0.05) is 0 Å². The zero-order valence-corrected chi connectivity index (χ0v) is 14.7. The number of aryl methyl sites for hydroxylation is 1. The molecule has 0 saturated heterocycles. The third-order valence-corrected chi connectivity index (χ3v) is 4.94. The Balaban J connectivity index is 2.42. The fourth-order valence-electron chi connectivity index (χ4n) is 2.12. The van der Waals surface area contributed by atoms with Crippen LogP contribution < -0.4 is 4.74 Å². The molecule has 0 amide bonds. The molecule has 0 aromatic heterocycles. The van der Waals surface area contributed by atoms with Crippen LogP contribution in [0.2, 0.25) is 0 Å². The second-order valence-electron chi connectivity index (χ2n) is 5.68. The van der Waals surface area contributed by atoms with Crippen LogP contribution in [0.1, 0.15) is 25.0 Å². The van der Waals surface area contributed by atoms with Crippen molar-refractivity contribution in [1.29, 1.82) is 5.26 Å². The first-order valence-corrected chi connectivity index (χ1v) is 9.01. The van der Waals surface area contributed by atoms with Crippen molar-refractivity contribution in [3.8, 4) is 11.8 Å². The summed E-state index contributed by atoms with van der Waals surface area (Å²) in [6, 6.07) is 15.2. The standard InChI is InChI=1S/C19H19NO3S/c1-14(2)23-17-6-4-5-16(11-17)12-19(13-20)24(21,22)18-9-7-15(3)8-10-18/h4-12,14H,1-3H3. The molecule has 0 aliphatic heterocycles. The third-order valence-electron chi connectivity index (χ3n) is 3.26. The van der Waals surface area contributed by atoms with E-state index in [0.29, 0.717) is 11.3 Å². The molecule has 24 heavy (non-hydrogen) atoms. The van der Waals surface area contributed by atoms with Gasteiger partial charge in [-0.15, -0.1) is 0 Å². The molecule has 0 radical (unpaired) electrons. The summed E-state index contributed by atoms with van der Waals surface area (Å²) in [7, 11) is -3.84. The number of nitrogens with zero attached hydrogens (tertiary/aromatic N) is 1. The van der Waals surface area contributed by atoms with Gasteiger partial charge in [-0.2, -0.15) is 5.26 Å². The summed E-state index contributed by atoms with van der Waals surface area (Å²) < 4.78 is 30.8. The monoisotopic (exact) mass is 341 g/mol. The quantitative estimate of drug-likeness (QED) is 0.767. The molecule has 2 aromatic carbocycles. The second kappa shape index (κ2) is 7.33. The molecule has 124 valence electrons. The van der Waals surface area contributed by atoms with Crippen LogP contribution in [0.4, 0.5) is 0 Å². The first kappa shape index (κ1) is 17.8. The molecule has 0 aliphatic rings. The highest BCUT2D eigenvalue weighted by Gasteiger charge is 2.20. The van der Waals surface area contributed by atoms with Crippen LogP contribution in [0.3, 0.4) is 0 Å². The molecule has 0 saturated carbocycles. The van der Waals surface area contributed by atoms with E-state index in [0.717, 1.165) is 5.56 Å². The molecule has 0 heterocycles. The van der Waals surface area contributed by atoms with Crippen molar-refractivity contribution >= 4 is 15.9 Å². The Hall–Kier alpha value is -2.58. The minimum Gasteiger partial charge on any atom is -0.491 e. The highest BCUT2D eigenvalue weighted by molar-refractivity contribution is 7.95. The van der Waals surface area contributed by atoms with Crippen LogP contribution >= 0.6 is 0 Å². The summed E-state index contributed by atoms with van der Waals surface area (Å²) >= 11 is 0. The van der Waals surface area contributed by atoms with Crippen molar-refractivity contribution in [1.82, 2.24) is 0 Å². The number of rotatable bonds is 5. The number of ether oxygens (including phenoxy) is 1. The highest BCUT2D eigenvalue weighted by Crippen LogP contribution is 2.23. The molecule has 0 fully saturated rings. The fourth-order valence-corrected chi connectivity index (χ4v) is 3.28. The third kappa shape index (κ3) is 4.24. The van der Waals surface area contributed by atoms with Crippen LogP contribution in [-0.4, -0.2) is 14.5 Å². The number of nitriles is 1. The minimum atomic E-state index is -3.84. The number of benzene rings is 2. The molecule has 0 atom stereocenters. The van der Waals surface area contributed by atoms with Gasteiger partial charge in [0.05, 0.1) is 11.0 Å². The lowest BCUT2D eigenvalue weighted by Crippen LogP contribution is -2.05. The van der Waals surface area contributed by atoms with Crippen LogP contribution in [0, 0.1) is 18.3 Å². The van der Waals surface area contributed by atoms with Gasteiger partial charge >= 0.3 is 0 Å². The maximum absolute atomic E-state index is 12.6. The molecular weight excluding hydrogens is 322 g/mol. The van der Waals surface area contributed by atoms with E-state index in [4.69, 9.17) is 4.74 Å². The lowest BCUT2D eigenvalue weighted by molar-refractivity contribution is 0.242. The fraction of sp³-hybridized carbons (Fsp3) is 0.211. The van der Waals surface area contributed by atoms with E-state index in [2.05, 4.69) is 0 Å². The summed E-state index contributed by atoms with van der Waals surface area (Å²) in [5.41, 5.74) is 1.55. The van der Waals surface area contributed by atoms with Crippen molar-refractivity contribution < 1.29 is 13.2 Å². The first-order chi connectivity index (χ1) is 11.3. The van der Waals surface area contributed by atoms with Gasteiger partial charge in [-0.1, -0.05) is 29.8 Å². The van der Waals surface area contributed by atoms with Crippen molar-refractivity contribution in [3.05, 3.63) is 64.6 Å². The Kier molecular flexibility index (Phi) is 5.42. The maximum atomic E-state index is 12.6. The average molecular weight is 341 g/mol. The molecule has 5 heteroatoms. The molecule has 2 rings (SSSR count). The predicted octanol–water partition coefficient (Wildman–Crippen LogP) is 4.12. The van der Waals surface area contributed by atoms with Crippen LogP contribution in [0.5, 0.6) is 5.75 Å². The maximum Gasteiger partial charge on any atom is 0.216 e. The zero-order valence-electron chi connectivity index (χ0n) is 13.9. The number of sulfone groups is 1. The Morgan fingerprint density at radius 3 is 2.42 bits per heavy atom. The Morgan fingerprint density at radius 1 is 1.17 bits per heavy atom. The molecule has 0 bridgehead atoms. The zero-order chi connectivity index (χ0) is 17.7. The van der Waals surface area contributed by atoms with Gasteiger partial charge in [-0.3, -0.25) is 0 Å². The number of allylic oxidation sites excluding steroid dienone is 1. The van der Waals surface area contributed by atoms with Crippen molar-refractivity contribution in [3.63, 3.8) is 0 Å². The topological polar surface area (TPSA) is 67.2 Å². The SMILES string of the molecule is Cc1ccc(S(=O)(=O)C(C#N)=Cc2cccc(OC(C)C)c2)cc1. The Labute approximate surface area is 142 Å². The Bertz CT molecular complexity index is 889. The van der Waals surface area contributed by atoms with Crippen molar-refractivity contribution in [2.45, 2.75) is 31.8 Å². The summed E-state index contributed by atoms with van der Waals surface area (Å²) in [4.78, 5) is -0.191. The van der Waals surface area contributed by atoms with Gasteiger partial charge in [0.15, 0.2) is 0 Å². The molecule has 0 N–H and O–H groups in total. The van der Waals surface area contributed by atoms with Gasteiger partial charge in [0.1, 0.15) is 16.7 Å². The van der Waals surface area contributed by atoms with Crippen LogP contribution in [-0.2, 0) is 9.84 Å². The lowest BCUT2D eigenvalue weighted by atomic mass is 10.2. The van der Waals surface area contributed by atoms with E-state index < -0.39 is 9.84 Å². The smallest absolute Gasteiger partial charge is 0.216 e. The molecule has 0 aliphatic carbocycles. The molecular formula is C19H19NO3S. The predicted molar refractivity (Wildman–Crippen MR) is 94.2 cm³/mol. The summed E-state index contributed by atoms with van der Waals surface area (Å²) in [5, 5.41) is 9.32. The van der Waals surface area contributed by atoms with Crippen molar-refractivity contribution in [2.24, 2.45) is 0 Å². The van der Waals surface area contributed by atoms with E-state index in [1.165, 1.54) is 18.2 Å². The highest BCUT2D eigenvalue weighted by atomic mass is 32.2. The largest absolute Gasteiger partial charge is 0.491 e. The van der Waals surface area contributed by atoms with E-state index >= 15 is 0 Å². The molecule has 2 aromatic rings. The average Bonchev–Trinajstić information content (AvgIpc) is 2.52. The normalized spacial score (nSPS) is 12.0. The first-order valence-electron chi connectivity index (χ1n) is 7.53. The van der Waals surface area contributed by atoms with E-state index in [-0.39, 0.29) is 15.9 Å². The van der Waals surface area contributed by atoms with Gasteiger partial charge in [-0.05, 0) is 56.7 Å². The van der Waals surface area contributed by atoms with Gasteiger partial charge in [0.25, 0.3) is 0 Å². The number of hydrogen-bond acceptors (Lipinski definition) is 4. The summed E-state index contributed by atoms with van der Waals surface area (Å²) in [6.07, 6.45) is 1.37. The Morgan fingerprint density at radius 2 is 1.83 bits per heavy atom. The minimum absolute atomic E-state index is 0.0101. The van der Waals surface area contributed by atoms with E-state index in [9.17, 15) is 13.7 Å². The molecule has 4 nitrogen and oxygen atoms in total. The summed E-state index contributed by atoms with van der Waals surface area (Å²) in [6.45, 7) is 5.69. The number of hydrogen-bond donors (Lipinski definition) is 0. The van der Waals surface area contributed by atoms with Gasteiger partial charge in [-0.25, -0.2) is 8.42 Å². The summed E-state index contributed by atoms with van der Waals surface area (Å²) in [5.74, 6) is 0.628. The molecule has 0 unspecified atom stereocenters. The van der Waals surface area contributed by atoms with E-state index in [1.54, 1.807) is 42.5 Å². The van der Waals surface area contributed by atoms with Crippen LogP contribution in [0.15, 0.2) is 58.3 Å². The van der Waals surface area contributed by atoms with Crippen molar-refractivity contribution in [2.75, 3.05) is 0 Å². The lowest BCUT2D eigenvalue weighted by Gasteiger charge is -2.10. The van der Waals surface area contributed by atoms with Gasteiger partial charge in [0.2, 0.25) is 9.84 Å². The van der Waals surface area contributed by atoms with E-state index in [1.807, 2.05) is 20.8 Å². The molecule has 0 spiro atoms. The van der Waals surface area contributed by atoms with Crippen LogP contribution in [0.25, 0.3) is 6.08 Å². The second-order valence-corrected chi connectivity index (χ2v) is 7.59. The van der Waals surface area contributed by atoms with Gasteiger partial charge < -0.3 is 4.74 Å².